The number of carboxylic acids is 1. The van der Waals surface area contributed by atoms with Gasteiger partial charge in [-0.3, -0.25) is 19.2 Å². The van der Waals surface area contributed by atoms with Crippen molar-refractivity contribution < 1.29 is 24.3 Å². The summed E-state index contributed by atoms with van der Waals surface area (Å²) < 4.78 is 0. The lowest BCUT2D eigenvalue weighted by Gasteiger charge is -2.27. The third-order valence-electron chi connectivity index (χ3n) is 2.28. The zero-order chi connectivity index (χ0) is 15.2. The molecule has 0 aliphatic carbocycles. The van der Waals surface area contributed by atoms with Gasteiger partial charge in [0, 0.05) is 6.92 Å². The van der Waals surface area contributed by atoms with Gasteiger partial charge in [-0.05, 0) is 5.92 Å². The number of carboxylic acid groups (broad SMARTS) is 1. The van der Waals surface area contributed by atoms with Crippen LogP contribution < -0.4 is 11.1 Å². The largest absolute Gasteiger partial charge is 0.480 e. The quantitative estimate of drug-likeness (QED) is 0.522. The number of nitrogens with zero attached hydrogens (tertiary/aromatic N) is 1. The topological polar surface area (TPSA) is 130 Å². The van der Waals surface area contributed by atoms with Crippen molar-refractivity contribution in [3.8, 4) is 0 Å². The third-order valence-corrected chi connectivity index (χ3v) is 2.28. The Balaban J connectivity index is 5.04. The van der Waals surface area contributed by atoms with Crippen LogP contribution in [-0.2, 0) is 19.2 Å². The van der Waals surface area contributed by atoms with Crippen molar-refractivity contribution in [2.45, 2.75) is 26.8 Å². The Kier molecular flexibility index (Phi) is 6.53. The normalized spacial score (nSPS) is 11.8. The lowest BCUT2D eigenvalue weighted by atomic mass is 10.0. The maximum Gasteiger partial charge on any atom is 0.323 e. The maximum absolute atomic E-state index is 12.1. The predicted octanol–water partition coefficient (Wildman–Crippen LogP) is -1.45. The zero-order valence-corrected chi connectivity index (χ0v) is 11.2. The van der Waals surface area contributed by atoms with E-state index in [4.69, 9.17) is 10.8 Å². The summed E-state index contributed by atoms with van der Waals surface area (Å²) in [5.41, 5.74) is 4.97. The summed E-state index contributed by atoms with van der Waals surface area (Å²) in [5.74, 6) is -3.40. The highest BCUT2D eigenvalue weighted by molar-refractivity contribution is 5.91. The van der Waals surface area contributed by atoms with Gasteiger partial charge in [-0.25, -0.2) is 0 Å². The molecule has 0 saturated heterocycles. The van der Waals surface area contributed by atoms with E-state index in [1.807, 2.05) is 0 Å². The van der Waals surface area contributed by atoms with Crippen LogP contribution in [0.4, 0.5) is 0 Å². The van der Waals surface area contributed by atoms with Crippen LogP contribution in [0.2, 0.25) is 0 Å². The number of hydrogen-bond acceptors (Lipinski definition) is 4. The first-order valence-electron chi connectivity index (χ1n) is 5.71. The fraction of sp³-hybridized carbons (Fsp3) is 0.636. The number of nitrogens with two attached hydrogens (primary N) is 1. The number of primary amides is 1. The molecule has 1 atom stereocenters. The fourth-order valence-electron chi connectivity index (χ4n) is 1.49. The van der Waals surface area contributed by atoms with Crippen LogP contribution in [0, 0.1) is 5.92 Å². The molecule has 19 heavy (non-hydrogen) atoms. The van der Waals surface area contributed by atoms with Gasteiger partial charge in [0.2, 0.25) is 17.7 Å². The van der Waals surface area contributed by atoms with Gasteiger partial charge in [0.25, 0.3) is 0 Å². The second-order valence-corrected chi connectivity index (χ2v) is 4.48. The lowest BCUT2D eigenvalue weighted by Crippen LogP contribution is -2.53. The Hall–Kier alpha value is -2.12. The second kappa shape index (κ2) is 7.34. The molecule has 0 aromatic rings. The van der Waals surface area contributed by atoms with Crippen LogP contribution in [0.3, 0.4) is 0 Å². The van der Waals surface area contributed by atoms with Crippen LogP contribution in [-0.4, -0.2) is 52.8 Å². The third kappa shape index (κ3) is 6.39. The molecule has 0 aromatic heterocycles. The molecular weight excluding hydrogens is 254 g/mol. The van der Waals surface area contributed by atoms with Gasteiger partial charge in [-0.15, -0.1) is 0 Å². The minimum Gasteiger partial charge on any atom is -0.480 e. The average Bonchev–Trinajstić information content (AvgIpc) is 2.22. The Labute approximate surface area is 110 Å². The summed E-state index contributed by atoms with van der Waals surface area (Å²) >= 11 is 0. The summed E-state index contributed by atoms with van der Waals surface area (Å²) in [6.45, 7) is 3.49. The maximum atomic E-state index is 12.1. The lowest BCUT2D eigenvalue weighted by molar-refractivity contribution is -0.147. The van der Waals surface area contributed by atoms with E-state index in [0.29, 0.717) is 0 Å². The molecule has 4 N–H and O–H groups in total. The Morgan fingerprint density at radius 3 is 2.05 bits per heavy atom. The molecule has 8 nitrogen and oxygen atoms in total. The van der Waals surface area contributed by atoms with E-state index in [1.54, 1.807) is 13.8 Å². The fourth-order valence-corrected chi connectivity index (χ4v) is 1.49. The number of amides is 3. The summed E-state index contributed by atoms with van der Waals surface area (Å²) in [5, 5.41) is 11.1. The first-order chi connectivity index (χ1) is 8.65. The van der Waals surface area contributed by atoms with E-state index in [-0.39, 0.29) is 5.92 Å². The molecule has 3 amide bonds. The van der Waals surface area contributed by atoms with Crippen molar-refractivity contribution in [3.05, 3.63) is 0 Å². The first-order valence-corrected chi connectivity index (χ1v) is 5.71. The molecule has 0 heterocycles. The van der Waals surface area contributed by atoms with Crippen LogP contribution in [0.5, 0.6) is 0 Å². The SMILES string of the molecule is CC(=O)NC(C(=O)N(CC(N)=O)CC(=O)O)C(C)C. The molecule has 0 spiro atoms. The summed E-state index contributed by atoms with van der Waals surface area (Å²) in [6.07, 6.45) is 0. The highest BCUT2D eigenvalue weighted by atomic mass is 16.4. The van der Waals surface area contributed by atoms with Crippen molar-refractivity contribution in [2.75, 3.05) is 13.1 Å². The molecule has 0 radical (unpaired) electrons. The molecule has 0 fully saturated rings. The molecule has 0 aliphatic rings. The van der Waals surface area contributed by atoms with Crippen molar-refractivity contribution in [3.63, 3.8) is 0 Å². The number of aliphatic carboxylic acids is 1. The van der Waals surface area contributed by atoms with Gasteiger partial charge in [0.15, 0.2) is 0 Å². The smallest absolute Gasteiger partial charge is 0.323 e. The van der Waals surface area contributed by atoms with Gasteiger partial charge >= 0.3 is 5.97 Å². The van der Waals surface area contributed by atoms with Crippen LogP contribution in [0.1, 0.15) is 20.8 Å². The molecule has 108 valence electrons. The molecule has 8 heteroatoms. The summed E-state index contributed by atoms with van der Waals surface area (Å²) in [6, 6.07) is -0.892. The van der Waals surface area contributed by atoms with Gasteiger partial charge in [-0.1, -0.05) is 13.8 Å². The van der Waals surface area contributed by atoms with Crippen molar-refractivity contribution in [2.24, 2.45) is 11.7 Å². The predicted molar refractivity (Wildman–Crippen MR) is 65.9 cm³/mol. The van der Waals surface area contributed by atoms with E-state index < -0.39 is 42.8 Å². The van der Waals surface area contributed by atoms with Crippen molar-refractivity contribution in [1.82, 2.24) is 10.2 Å². The second-order valence-electron chi connectivity index (χ2n) is 4.48. The van der Waals surface area contributed by atoms with E-state index in [1.165, 1.54) is 6.92 Å². The molecule has 0 bridgehead atoms. The van der Waals surface area contributed by atoms with Crippen LogP contribution in [0.15, 0.2) is 0 Å². The van der Waals surface area contributed by atoms with Gasteiger partial charge in [-0.2, -0.15) is 0 Å². The Morgan fingerprint density at radius 2 is 1.74 bits per heavy atom. The average molecular weight is 273 g/mol. The van der Waals surface area contributed by atoms with Gasteiger partial charge < -0.3 is 21.1 Å². The van der Waals surface area contributed by atoms with Crippen molar-refractivity contribution >= 4 is 23.7 Å². The summed E-state index contributed by atoms with van der Waals surface area (Å²) in [4.78, 5) is 45.5. The van der Waals surface area contributed by atoms with Crippen molar-refractivity contribution in [1.29, 1.82) is 0 Å². The Bertz CT molecular complexity index is 365. The van der Waals surface area contributed by atoms with Crippen LogP contribution in [0.25, 0.3) is 0 Å². The Morgan fingerprint density at radius 1 is 1.21 bits per heavy atom. The number of nitrogens with one attached hydrogen (secondary N) is 1. The minimum atomic E-state index is -1.26. The van der Waals surface area contributed by atoms with E-state index in [2.05, 4.69) is 5.32 Å². The van der Waals surface area contributed by atoms with E-state index in [9.17, 15) is 19.2 Å². The molecule has 0 aromatic carbocycles. The minimum absolute atomic E-state index is 0.249. The number of hydrogen-bond donors (Lipinski definition) is 3. The van der Waals surface area contributed by atoms with Gasteiger partial charge in [0.1, 0.15) is 19.1 Å². The van der Waals surface area contributed by atoms with E-state index >= 15 is 0 Å². The standard InChI is InChI=1S/C11H19N3O5/c1-6(2)10(13-7(3)15)11(19)14(4-8(12)16)5-9(17)18/h6,10H,4-5H2,1-3H3,(H2,12,16)(H,13,15)(H,17,18). The molecule has 0 saturated carbocycles. The number of carbonyl (C=O) groups is 4. The van der Waals surface area contributed by atoms with Crippen LogP contribution >= 0.6 is 0 Å². The first kappa shape index (κ1) is 16.9. The molecule has 1 unspecified atom stereocenters. The zero-order valence-electron chi connectivity index (χ0n) is 11.2. The van der Waals surface area contributed by atoms with E-state index in [0.717, 1.165) is 4.90 Å². The molecule has 0 aliphatic heterocycles. The highest BCUT2D eigenvalue weighted by Gasteiger charge is 2.29. The molecule has 0 rings (SSSR count). The number of carbonyl (C=O) groups excluding carboxylic acids is 3. The monoisotopic (exact) mass is 273 g/mol. The number of rotatable bonds is 7. The highest BCUT2D eigenvalue weighted by Crippen LogP contribution is 2.06. The molecular formula is C11H19N3O5. The summed E-state index contributed by atoms with van der Waals surface area (Å²) in [7, 11) is 0. The van der Waals surface area contributed by atoms with Gasteiger partial charge in [0.05, 0.1) is 0 Å².